The van der Waals surface area contributed by atoms with Crippen LogP contribution in [0.5, 0.6) is 11.5 Å². The molecule has 25 heavy (non-hydrogen) atoms. The Morgan fingerprint density at radius 3 is 2.56 bits per heavy atom. The number of carbonyl (C=O) groups is 2. The van der Waals surface area contributed by atoms with Crippen LogP contribution in [0.15, 0.2) is 18.2 Å². The molecule has 2 rings (SSSR count). The van der Waals surface area contributed by atoms with E-state index in [1.165, 1.54) is 7.11 Å². The zero-order valence-corrected chi connectivity index (χ0v) is 15.9. The van der Waals surface area contributed by atoms with Crippen molar-refractivity contribution < 1.29 is 19.1 Å². The van der Waals surface area contributed by atoms with E-state index >= 15 is 0 Å². The number of methoxy groups -OCH3 is 2. The van der Waals surface area contributed by atoms with Gasteiger partial charge in [0.1, 0.15) is 0 Å². The lowest BCUT2D eigenvalue weighted by molar-refractivity contribution is -0.132. The summed E-state index contributed by atoms with van der Waals surface area (Å²) >= 11 is 0. The molecule has 0 radical (unpaired) electrons. The topological polar surface area (TPSA) is 67.9 Å². The molecule has 0 saturated carbocycles. The van der Waals surface area contributed by atoms with Crippen molar-refractivity contribution in [2.75, 3.05) is 34.4 Å². The molecule has 1 fully saturated rings. The summed E-state index contributed by atoms with van der Waals surface area (Å²) in [5.41, 5.74) is 0.534. The van der Waals surface area contributed by atoms with Crippen molar-refractivity contribution >= 4 is 24.1 Å². The Balaban J connectivity index is 0.00000312. The Morgan fingerprint density at radius 2 is 1.92 bits per heavy atom. The largest absolute Gasteiger partial charge is 0.493 e. The number of likely N-dealkylation sites (tertiary alicyclic amines) is 1. The van der Waals surface area contributed by atoms with Gasteiger partial charge in [-0.1, -0.05) is 0 Å². The molecule has 1 aliphatic heterocycles. The number of piperidine rings is 1. The number of hydrogen-bond donors (Lipinski definition) is 1. The maximum Gasteiger partial charge on any atom is 0.223 e. The van der Waals surface area contributed by atoms with Crippen molar-refractivity contribution in [2.45, 2.75) is 31.7 Å². The second kappa shape index (κ2) is 10.3. The Morgan fingerprint density at radius 1 is 1.20 bits per heavy atom. The Hall–Kier alpha value is -1.79. The summed E-state index contributed by atoms with van der Waals surface area (Å²) in [6, 6.07) is 5.41. The predicted octanol–water partition coefficient (Wildman–Crippen LogP) is 2.30. The number of Topliss-reactive ketones (excluding diaryl/α,β-unsaturated/α-hetero) is 1. The minimum atomic E-state index is -0.0634. The molecule has 1 aromatic carbocycles. The average Bonchev–Trinajstić information content (AvgIpc) is 2.65. The molecule has 7 heteroatoms. The summed E-state index contributed by atoms with van der Waals surface area (Å²) in [4.78, 5) is 26.5. The van der Waals surface area contributed by atoms with Gasteiger partial charge in [0.05, 0.1) is 14.2 Å². The third kappa shape index (κ3) is 5.61. The van der Waals surface area contributed by atoms with Crippen LogP contribution in [0.3, 0.4) is 0 Å². The van der Waals surface area contributed by atoms with Crippen LogP contribution in [-0.2, 0) is 4.79 Å². The third-order valence-electron chi connectivity index (χ3n) is 4.45. The van der Waals surface area contributed by atoms with E-state index in [9.17, 15) is 9.59 Å². The highest BCUT2D eigenvalue weighted by atomic mass is 35.5. The van der Waals surface area contributed by atoms with Gasteiger partial charge in [-0.15, -0.1) is 12.4 Å². The number of amides is 1. The second-order valence-corrected chi connectivity index (χ2v) is 5.96. The van der Waals surface area contributed by atoms with E-state index in [2.05, 4.69) is 5.32 Å². The number of nitrogens with one attached hydrogen (secondary N) is 1. The first-order chi connectivity index (χ1) is 11.6. The van der Waals surface area contributed by atoms with Crippen LogP contribution in [0.25, 0.3) is 0 Å². The summed E-state index contributed by atoms with van der Waals surface area (Å²) in [5.74, 6) is 1.08. The maximum absolute atomic E-state index is 12.3. The predicted molar refractivity (Wildman–Crippen MR) is 99.0 cm³/mol. The van der Waals surface area contributed by atoms with Gasteiger partial charge >= 0.3 is 0 Å². The number of halogens is 1. The highest BCUT2D eigenvalue weighted by Crippen LogP contribution is 2.28. The fraction of sp³-hybridized carbons (Fsp3) is 0.556. The molecular weight excluding hydrogens is 344 g/mol. The lowest BCUT2D eigenvalue weighted by atomic mass is 10.0. The number of hydrogen-bond acceptors (Lipinski definition) is 5. The molecular formula is C18H27ClN2O4. The van der Waals surface area contributed by atoms with Crippen molar-refractivity contribution in [1.82, 2.24) is 10.2 Å². The molecule has 1 unspecified atom stereocenters. The van der Waals surface area contributed by atoms with Crippen molar-refractivity contribution in [3.8, 4) is 11.5 Å². The first-order valence-electron chi connectivity index (χ1n) is 8.29. The minimum Gasteiger partial charge on any atom is -0.493 e. The molecule has 1 atom stereocenters. The average molecular weight is 371 g/mol. The summed E-state index contributed by atoms with van der Waals surface area (Å²) in [7, 11) is 5.00. The molecule has 1 aliphatic rings. The van der Waals surface area contributed by atoms with Crippen LogP contribution in [0.1, 0.15) is 36.0 Å². The fourth-order valence-corrected chi connectivity index (χ4v) is 2.97. The molecule has 0 spiro atoms. The van der Waals surface area contributed by atoms with Crippen LogP contribution in [0.2, 0.25) is 0 Å². The number of likely N-dealkylation sites (N-methyl/N-ethyl adjacent to an activating group) is 1. The van der Waals surface area contributed by atoms with Crippen molar-refractivity contribution in [2.24, 2.45) is 0 Å². The number of ether oxygens (including phenoxy) is 2. The van der Waals surface area contributed by atoms with E-state index in [0.29, 0.717) is 23.1 Å². The van der Waals surface area contributed by atoms with Crippen molar-refractivity contribution in [1.29, 1.82) is 0 Å². The number of nitrogens with zero attached hydrogens (tertiary/aromatic N) is 1. The van der Waals surface area contributed by atoms with Gasteiger partial charge in [-0.25, -0.2) is 0 Å². The molecule has 140 valence electrons. The Labute approximate surface area is 155 Å². The fourth-order valence-electron chi connectivity index (χ4n) is 2.97. The maximum atomic E-state index is 12.3. The van der Waals surface area contributed by atoms with Gasteiger partial charge in [0.25, 0.3) is 0 Å². The Kier molecular flexibility index (Phi) is 8.72. The summed E-state index contributed by atoms with van der Waals surface area (Å²) in [6.07, 6.45) is 2.53. The zero-order valence-electron chi connectivity index (χ0n) is 15.0. The van der Waals surface area contributed by atoms with E-state index in [1.807, 2.05) is 11.9 Å². The van der Waals surface area contributed by atoms with Gasteiger partial charge in [0.2, 0.25) is 5.91 Å². The van der Waals surface area contributed by atoms with E-state index < -0.39 is 0 Å². The van der Waals surface area contributed by atoms with Gasteiger partial charge in [-0.3, -0.25) is 9.59 Å². The van der Waals surface area contributed by atoms with E-state index in [-0.39, 0.29) is 36.9 Å². The summed E-state index contributed by atoms with van der Waals surface area (Å²) < 4.78 is 10.4. The van der Waals surface area contributed by atoms with Gasteiger partial charge < -0.3 is 19.7 Å². The monoisotopic (exact) mass is 370 g/mol. The highest BCUT2D eigenvalue weighted by Gasteiger charge is 2.23. The van der Waals surface area contributed by atoms with Gasteiger partial charge in [-0.2, -0.15) is 0 Å². The van der Waals surface area contributed by atoms with Gasteiger partial charge in [-0.05, 0) is 38.1 Å². The highest BCUT2D eigenvalue weighted by molar-refractivity contribution is 5.98. The molecule has 0 bridgehead atoms. The zero-order chi connectivity index (χ0) is 17.5. The van der Waals surface area contributed by atoms with Gasteiger partial charge in [0, 0.05) is 37.5 Å². The van der Waals surface area contributed by atoms with Crippen LogP contribution >= 0.6 is 12.4 Å². The van der Waals surface area contributed by atoms with Crippen LogP contribution in [0.4, 0.5) is 0 Å². The molecule has 0 aromatic heterocycles. The first kappa shape index (κ1) is 21.3. The van der Waals surface area contributed by atoms with E-state index in [4.69, 9.17) is 9.47 Å². The smallest absolute Gasteiger partial charge is 0.223 e. The van der Waals surface area contributed by atoms with Crippen LogP contribution in [0, 0.1) is 0 Å². The normalized spacial score (nSPS) is 16.8. The van der Waals surface area contributed by atoms with Crippen LogP contribution < -0.4 is 14.8 Å². The quantitative estimate of drug-likeness (QED) is 0.746. The van der Waals surface area contributed by atoms with Crippen molar-refractivity contribution in [3.05, 3.63) is 23.8 Å². The standard InChI is InChI=1S/C18H26N2O4.ClH/c1-19-14-5-4-10-20(12-14)18(22)9-7-15(21)13-6-8-16(23-2)17(11-13)24-3;/h6,8,11,14,19H,4-5,7,9-10,12H2,1-3H3;1H. The molecule has 1 amide bonds. The Bertz CT molecular complexity index is 594. The van der Waals surface area contributed by atoms with E-state index in [1.54, 1.807) is 25.3 Å². The third-order valence-corrected chi connectivity index (χ3v) is 4.45. The van der Waals surface area contributed by atoms with Crippen molar-refractivity contribution in [3.63, 3.8) is 0 Å². The molecule has 1 saturated heterocycles. The van der Waals surface area contributed by atoms with E-state index in [0.717, 1.165) is 25.9 Å². The van der Waals surface area contributed by atoms with Gasteiger partial charge in [0.15, 0.2) is 17.3 Å². The lowest BCUT2D eigenvalue weighted by Crippen LogP contribution is -2.47. The lowest BCUT2D eigenvalue weighted by Gasteiger charge is -2.32. The number of carbonyl (C=O) groups excluding carboxylic acids is 2. The summed E-state index contributed by atoms with van der Waals surface area (Å²) in [6.45, 7) is 1.50. The number of ketones is 1. The number of benzene rings is 1. The first-order valence-corrected chi connectivity index (χ1v) is 8.29. The summed E-state index contributed by atoms with van der Waals surface area (Å²) in [5, 5.41) is 3.22. The minimum absolute atomic E-state index is 0. The molecule has 6 nitrogen and oxygen atoms in total. The molecule has 1 aromatic rings. The molecule has 1 N–H and O–H groups in total. The second-order valence-electron chi connectivity index (χ2n) is 5.96. The SMILES string of the molecule is CNC1CCCN(C(=O)CCC(=O)c2ccc(OC)c(OC)c2)C1.Cl. The number of rotatable bonds is 7. The molecule has 1 heterocycles. The van der Waals surface area contributed by atoms with Crippen LogP contribution in [-0.4, -0.2) is 57.0 Å². The molecule has 0 aliphatic carbocycles.